The van der Waals surface area contributed by atoms with Crippen LogP contribution in [0.25, 0.3) is 106 Å². The minimum absolute atomic E-state index is 0.513. The molecule has 0 radical (unpaired) electrons. The van der Waals surface area contributed by atoms with Gasteiger partial charge < -0.3 is 8.83 Å². The molecule has 6 nitrogen and oxygen atoms in total. The summed E-state index contributed by atoms with van der Waals surface area (Å²) in [4.78, 5) is 15.5. The normalized spacial score (nSPS) is 11.9. The van der Waals surface area contributed by atoms with Gasteiger partial charge in [0.05, 0.1) is 16.6 Å². The number of fused-ring (bicyclic) bond motifs is 9. The zero-order chi connectivity index (χ0) is 33.5. The van der Waals surface area contributed by atoms with Gasteiger partial charge in [-0.1, -0.05) is 127 Å². The molecule has 0 atom stereocenters. The van der Waals surface area contributed by atoms with Gasteiger partial charge in [0.1, 0.15) is 22.3 Å². The third kappa shape index (κ3) is 4.20. The molecule has 0 fully saturated rings. The van der Waals surface area contributed by atoms with Crippen molar-refractivity contribution in [3.8, 4) is 39.9 Å². The molecule has 0 N–H and O–H groups in total. The van der Waals surface area contributed by atoms with Gasteiger partial charge in [-0.25, -0.2) is 4.98 Å². The monoisotopic (exact) mass is 654 g/mol. The molecule has 0 spiro atoms. The summed E-state index contributed by atoms with van der Waals surface area (Å²) in [5.74, 6) is 1.61. The van der Waals surface area contributed by atoms with Crippen LogP contribution in [0.3, 0.4) is 0 Å². The molecular formula is C45H26N4O2. The van der Waals surface area contributed by atoms with Crippen molar-refractivity contribution in [2.75, 3.05) is 0 Å². The first-order valence-corrected chi connectivity index (χ1v) is 16.9. The number of furan rings is 2. The quantitative estimate of drug-likeness (QED) is 0.189. The van der Waals surface area contributed by atoms with Crippen molar-refractivity contribution < 1.29 is 8.83 Å². The lowest BCUT2D eigenvalue weighted by Crippen LogP contribution is -2.06. The van der Waals surface area contributed by atoms with Crippen LogP contribution in [-0.2, 0) is 0 Å². The molecule has 0 aliphatic heterocycles. The minimum atomic E-state index is 0.513. The van der Waals surface area contributed by atoms with Crippen molar-refractivity contribution in [3.05, 3.63) is 158 Å². The third-order valence-corrected chi connectivity index (χ3v) is 9.88. The average Bonchev–Trinajstić information content (AvgIpc) is 3.86. The standard InChI is InChI=1S/C45H26N4O2/c1-3-13-27(14-4-1)29-19-11-20-32-33-21-12-22-34(42(33)51-41(29)32)44-46-43(28-15-5-2-6-16-28)47-45(48-44)49-37-23-9-7-17-30(37)35-25-36-31-18-8-10-24-39(31)50-40(36)26-38(35)49/h1-26H. The Labute approximate surface area is 290 Å². The van der Waals surface area contributed by atoms with E-state index < -0.39 is 0 Å². The molecule has 7 aromatic carbocycles. The van der Waals surface area contributed by atoms with Crippen LogP contribution in [0.15, 0.2) is 167 Å². The van der Waals surface area contributed by atoms with Crippen molar-refractivity contribution in [1.82, 2.24) is 19.5 Å². The van der Waals surface area contributed by atoms with Gasteiger partial charge in [-0.3, -0.25) is 4.57 Å². The number of nitrogens with zero attached hydrogens (tertiary/aromatic N) is 4. The van der Waals surface area contributed by atoms with E-state index in [0.717, 1.165) is 87.9 Å². The molecule has 6 heteroatoms. The van der Waals surface area contributed by atoms with Crippen LogP contribution in [0.5, 0.6) is 0 Å². The van der Waals surface area contributed by atoms with Crippen molar-refractivity contribution in [2.45, 2.75) is 0 Å². The lowest BCUT2D eigenvalue weighted by molar-refractivity contribution is 0.669. The van der Waals surface area contributed by atoms with E-state index >= 15 is 0 Å². The molecule has 0 amide bonds. The molecule has 0 saturated heterocycles. The van der Waals surface area contributed by atoms with E-state index in [2.05, 4.69) is 83.4 Å². The minimum Gasteiger partial charge on any atom is -0.456 e. The molecule has 238 valence electrons. The van der Waals surface area contributed by atoms with Crippen LogP contribution in [0.4, 0.5) is 0 Å². The summed E-state index contributed by atoms with van der Waals surface area (Å²) in [5, 5.41) is 6.43. The summed E-state index contributed by atoms with van der Waals surface area (Å²) in [6.45, 7) is 0. The predicted octanol–water partition coefficient (Wildman–Crippen LogP) is 11.8. The van der Waals surface area contributed by atoms with Gasteiger partial charge in [0, 0.05) is 49.5 Å². The van der Waals surface area contributed by atoms with E-state index in [1.165, 1.54) is 0 Å². The Bertz CT molecular complexity index is 3140. The number of para-hydroxylation sites is 4. The van der Waals surface area contributed by atoms with Crippen molar-refractivity contribution in [2.24, 2.45) is 0 Å². The van der Waals surface area contributed by atoms with Crippen molar-refractivity contribution in [1.29, 1.82) is 0 Å². The lowest BCUT2D eigenvalue weighted by atomic mass is 10.0. The second-order valence-corrected chi connectivity index (χ2v) is 12.8. The molecule has 4 heterocycles. The molecule has 0 aliphatic rings. The second kappa shape index (κ2) is 10.7. The topological polar surface area (TPSA) is 69.9 Å². The van der Waals surface area contributed by atoms with Gasteiger partial charge in [0.2, 0.25) is 5.95 Å². The number of hydrogen-bond donors (Lipinski definition) is 0. The van der Waals surface area contributed by atoms with E-state index in [0.29, 0.717) is 17.6 Å². The van der Waals surface area contributed by atoms with Crippen LogP contribution in [0, 0.1) is 0 Å². The fraction of sp³-hybridized carbons (Fsp3) is 0. The van der Waals surface area contributed by atoms with Gasteiger partial charge in [0.15, 0.2) is 11.6 Å². The highest BCUT2D eigenvalue weighted by molar-refractivity contribution is 6.17. The fourth-order valence-corrected chi connectivity index (χ4v) is 7.55. The second-order valence-electron chi connectivity index (χ2n) is 12.8. The third-order valence-electron chi connectivity index (χ3n) is 9.88. The smallest absolute Gasteiger partial charge is 0.238 e. The van der Waals surface area contributed by atoms with E-state index in [1.807, 2.05) is 78.9 Å². The molecular weight excluding hydrogens is 629 g/mol. The number of hydrogen-bond acceptors (Lipinski definition) is 5. The Hall–Kier alpha value is -7.05. The van der Waals surface area contributed by atoms with Gasteiger partial charge in [-0.05, 0) is 29.8 Å². The summed E-state index contributed by atoms with van der Waals surface area (Å²) >= 11 is 0. The number of aromatic nitrogens is 4. The van der Waals surface area contributed by atoms with E-state index in [9.17, 15) is 0 Å². The number of benzene rings is 7. The largest absolute Gasteiger partial charge is 0.456 e. The summed E-state index contributed by atoms with van der Waals surface area (Å²) in [7, 11) is 0. The molecule has 4 aromatic heterocycles. The Morgan fingerprint density at radius 2 is 1.00 bits per heavy atom. The maximum atomic E-state index is 6.80. The molecule has 51 heavy (non-hydrogen) atoms. The molecule has 11 rings (SSSR count). The van der Waals surface area contributed by atoms with E-state index in [-0.39, 0.29) is 0 Å². The zero-order valence-corrected chi connectivity index (χ0v) is 27.1. The maximum absolute atomic E-state index is 6.80. The zero-order valence-electron chi connectivity index (χ0n) is 27.1. The Morgan fingerprint density at radius 1 is 0.373 bits per heavy atom. The average molecular weight is 655 g/mol. The number of rotatable bonds is 4. The first kappa shape index (κ1) is 27.9. The van der Waals surface area contributed by atoms with Crippen LogP contribution < -0.4 is 0 Å². The van der Waals surface area contributed by atoms with Gasteiger partial charge in [0.25, 0.3) is 0 Å². The molecule has 0 bridgehead atoms. The van der Waals surface area contributed by atoms with Gasteiger partial charge in [-0.2, -0.15) is 9.97 Å². The Kier molecular flexibility index (Phi) is 5.86. The van der Waals surface area contributed by atoms with E-state index in [1.54, 1.807) is 0 Å². The maximum Gasteiger partial charge on any atom is 0.238 e. The highest BCUT2D eigenvalue weighted by Gasteiger charge is 2.22. The molecule has 0 unspecified atom stereocenters. The fourth-order valence-electron chi connectivity index (χ4n) is 7.55. The Morgan fingerprint density at radius 3 is 1.80 bits per heavy atom. The lowest BCUT2D eigenvalue weighted by Gasteiger charge is -2.11. The SMILES string of the molecule is c1ccc(-c2nc(-c3cccc4c3oc3c(-c5ccccc5)cccc34)nc(-n3c4ccccc4c4cc5c(cc43)oc3ccccc35)n2)cc1. The van der Waals surface area contributed by atoms with Crippen LogP contribution in [0.1, 0.15) is 0 Å². The van der Waals surface area contributed by atoms with Crippen LogP contribution >= 0.6 is 0 Å². The van der Waals surface area contributed by atoms with E-state index in [4.69, 9.17) is 23.8 Å². The van der Waals surface area contributed by atoms with Gasteiger partial charge in [-0.15, -0.1) is 0 Å². The van der Waals surface area contributed by atoms with Crippen LogP contribution in [-0.4, -0.2) is 19.5 Å². The summed E-state index contributed by atoms with van der Waals surface area (Å²) in [5.41, 5.74) is 9.02. The highest BCUT2D eigenvalue weighted by Crippen LogP contribution is 2.41. The first-order valence-electron chi connectivity index (χ1n) is 16.9. The molecule has 0 aliphatic carbocycles. The van der Waals surface area contributed by atoms with Crippen molar-refractivity contribution >= 4 is 65.7 Å². The molecule has 0 saturated carbocycles. The Balaban J connectivity index is 1.20. The van der Waals surface area contributed by atoms with Crippen LogP contribution in [0.2, 0.25) is 0 Å². The summed E-state index contributed by atoms with van der Waals surface area (Å²) in [6, 6.07) is 53.8. The predicted molar refractivity (Wildman–Crippen MR) is 205 cm³/mol. The van der Waals surface area contributed by atoms with Crippen molar-refractivity contribution in [3.63, 3.8) is 0 Å². The first-order chi connectivity index (χ1) is 25.3. The summed E-state index contributed by atoms with van der Waals surface area (Å²) in [6.07, 6.45) is 0. The summed E-state index contributed by atoms with van der Waals surface area (Å²) < 4.78 is 15.3. The van der Waals surface area contributed by atoms with Gasteiger partial charge >= 0.3 is 0 Å². The molecule has 11 aromatic rings. The highest BCUT2D eigenvalue weighted by atomic mass is 16.3.